The molecule has 3 aliphatic rings. The molecule has 1 aromatic rings. The fraction of sp³-hybridized carbons (Fsp3) is 0.700. The van der Waals surface area contributed by atoms with Crippen molar-refractivity contribution < 1.29 is 14.9 Å². The summed E-state index contributed by atoms with van der Waals surface area (Å²) in [4.78, 5) is 0. The summed E-state index contributed by atoms with van der Waals surface area (Å²) in [5.74, 6) is 2.58. The number of phenolic OH excluding ortho intramolecular Hbond substituents is 1. The van der Waals surface area contributed by atoms with E-state index >= 15 is 0 Å². The van der Waals surface area contributed by atoms with E-state index in [1.54, 1.807) is 7.11 Å². The van der Waals surface area contributed by atoms with Gasteiger partial charge in [-0.15, -0.1) is 0 Å². The number of aliphatic hydroxyl groups is 1. The molecule has 0 heterocycles. The predicted octanol–water partition coefficient (Wildman–Crippen LogP) is 3.80. The zero-order valence-electron chi connectivity index (χ0n) is 14.2. The smallest absolute Gasteiger partial charge is 0.115 e. The maximum absolute atomic E-state index is 10.5. The minimum atomic E-state index is -0.129. The highest BCUT2D eigenvalue weighted by atomic mass is 16.5. The summed E-state index contributed by atoms with van der Waals surface area (Å²) in [7, 11) is 1.76. The zero-order valence-corrected chi connectivity index (χ0v) is 14.2. The monoisotopic (exact) mass is 316 g/mol. The third-order valence-electron chi connectivity index (χ3n) is 7.22. The number of aliphatic hydroxyl groups excluding tert-OH is 1. The molecule has 0 bridgehead atoms. The van der Waals surface area contributed by atoms with E-state index in [0.29, 0.717) is 36.0 Å². The lowest BCUT2D eigenvalue weighted by atomic mass is 9.54. The van der Waals surface area contributed by atoms with E-state index in [1.807, 2.05) is 12.1 Å². The van der Waals surface area contributed by atoms with Crippen molar-refractivity contribution in [3.8, 4) is 5.75 Å². The number of rotatable bonds is 2. The van der Waals surface area contributed by atoms with Crippen LogP contribution in [0.15, 0.2) is 18.2 Å². The van der Waals surface area contributed by atoms with Crippen LogP contribution in [0.2, 0.25) is 0 Å². The molecule has 3 heteroatoms. The second-order valence-corrected chi connectivity index (χ2v) is 8.22. The molecule has 3 aliphatic carbocycles. The van der Waals surface area contributed by atoms with Gasteiger partial charge in [0.1, 0.15) is 5.75 Å². The van der Waals surface area contributed by atoms with Crippen LogP contribution in [0.3, 0.4) is 0 Å². The summed E-state index contributed by atoms with van der Waals surface area (Å²) in [5, 5.41) is 20.4. The SMILES string of the molecule is COCC1CC2C(CCC3(C)C(O)CCC23)c2ccc(O)cc21. The van der Waals surface area contributed by atoms with E-state index in [-0.39, 0.29) is 11.5 Å². The first-order valence-corrected chi connectivity index (χ1v) is 9.04. The van der Waals surface area contributed by atoms with Crippen molar-refractivity contribution >= 4 is 0 Å². The number of phenols is 1. The van der Waals surface area contributed by atoms with Crippen LogP contribution in [0.5, 0.6) is 5.75 Å². The first kappa shape index (κ1) is 15.5. The Balaban J connectivity index is 1.74. The highest BCUT2D eigenvalue weighted by Crippen LogP contribution is 2.62. The van der Waals surface area contributed by atoms with Crippen molar-refractivity contribution in [2.24, 2.45) is 17.3 Å². The first-order chi connectivity index (χ1) is 11.0. The molecule has 0 aliphatic heterocycles. The molecule has 6 atom stereocenters. The second-order valence-electron chi connectivity index (χ2n) is 8.22. The number of methoxy groups -OCH3 is 1. The minimum Gasteiger partial charge on any atom is -0.508 e. The average molecular weight is 316 g/mol. The molecule has 2 N–H and O–H groups in total. The van der Waals surface area contributed by atoms with Crippen LogP contribution in [0, 0.1) is 17.3 Å². The van der Waals surface area contributed by atoms with Gasteiger partial charge in [0, 0.05) is 13.0 Å². The number of benzene rings is 1. The number of hydrogen-bond donors (Lipinski definition) is 2. The van der Waals surface area contributed by atoms with Crippen molar-refractivity contribution in [3.05, 3.63) is 29.3 Å². The molecule has 1 aromatic carbocycles. The largest absolute Gasteiger partial charge is 0.508 e. The lowest BCUT2D eigenvalue weighted by Crippen LogP contribution is -2.44. The highest BCUT2D eigenvalue weighted by Gasteiger charge is 2.55. The molecule has 4 rings (SSSR count). The van der Waals surface area contributed by atoms with Gasteiger partial charge < -0.3 is 14.9 Å². The Kier molecular flexibility index (Phi) is 3.69. The molecule has 0 radical (unpaired) electrons. The lowest BCUT2D eigenvalue weighted by molar-refractivity contribution is -0.0273. The molecule has 126 valence electrons. The fourth-order valence-electron chi connectivity index (χ4n) is 6.04. The molecule has 6 unspecified atom stereocenters. The quantitative estimate of drug-likeness (QED) is 0.872. The lowest BCUT2D eigenvalue weighted by Gasteiger charge is -2.51. The van der Waals surface area contributed by atoms with Crippen molar-refractivity contribution in [2.75, 3.05) is 13.7 Å². The predicted molar refractivity (Wildman–Crippen MR) is 89.6 cm³/mol. The maximum Gasteiger partial charge on any atom is 0.115 e. The Morgan fingerprint density at radius 3 is 2.83 bits per heavy atom. The molecule has 0 spiro atoms. The molecule has 23 heavy (non-hydrogen) atoms. The first-order valence-electron chi connectivity index (χ1n) is 9.04. The van der Waals surface area contributed by atoms with Gasteiger partial charge in [-0.1, -0.05) is 13.0 Å². The number of ether oxygens (including phenoxy) is 1. The molecule has 2 fully saturated rings. The van der Waals surface area contributed by atoms with Crippen molar-refractivity contribution in [2.45, 2.75) is 57.0 Å². The fourth-order valence-corrected chi connectivity index (χ4v) is 6.04. The van der Waals surface area contributed by atoms with Gasteiger partial charge in [-0.2, -0.15) is 0 Å². The molecular weight excluding hydrogens is 288 g/mol. The third kappa shape index (κ3) is 2.24. The standard InChI is InChI=1S/C20H28O3/c1-20-8-7-15-14-4-3-13(21)10-16(14)12(11-23-2)9-17(15)18(20)5-6-19(20)22/h3-4,10,12,15,17-19,21-22H,5-9,11H2,1-2H3. The number of fused-ring (bicyclic) bond motifs is 5. The van der Waals surface area contributed by atoms with Gasteiger partial charge in [-0.05, 0) is 78.5 Å². The summed E-state index contributed by atoms with van der Waals surface area (Å²) in [6, 6.07) is 5.92. The summed E-state index contributed by atoms with van der Waals surface area (Å²) in [5.41, 5.74) is 2.81. The van der Waals surface area contributed by atoms with Gasteiger partial charge in [0.05, 0.1) is 12.7 Å². The normalized spacial score (nSPS) is 42.0. The van der Waals surface area contributed by atoms with Crippen molar-refractivity contribution in [1.29, 1.82) is 0 Å². The summed E-state index contributed by atoms with van der Waals surface area (Å²) >= 11 is 0. The van der Waals surface area contributed by atoms with Crippen LogP contribution in [0.4, 0.5) is 0 Å². The van der Waals surface area contributed by atoms with Crippen LogP contribution >= 0.6 is 0 Å². The summed E-state index contributed by atoms with van der Waals surface area (Å²) in [6.07, 6.45) is 5.40. The van der Waals surface area contributed by atoms with Crippen LogP contribution in [0.25, 0.3) is 0 Å². The number of hydrogen-bond acceptors (Lipinski definition) is 3. The average Bonchev–Trinajstić information content (AvgIpc) is 2.83. The van der Waals surface area contributed by atoms with E-state index in [4.69, 9.17) is 4.74 Å². The Hall–Kier alpha value is -1.06. The van der Waals surface area contributed by atoms with Crippen LogP contribution in [0.1, 0.15) is 62.0 Å². The molecular formula is C20H28O3. The molecule has 0 amide bonds. The van der Waals surface area contributed by atoms with Gasteiger partial charge >= 0.3 is 0 Å². The minimum absolute atomic E-state index is 0.104. The Morgan fingerprint density at radius 2 is 2.04 bits per heavy atom. The topological polar surface area (TPSA) is 49.7 Å². The van der Waals surface area contributed by atoms with E-state index in [1.165, 1.54) is 11.1 Å². The Bertz CT molecular complexity index is 599. The molecule has 2 saturated carbocycles. The van der Waals surface area contributed by atoms with E-state index in [0.717, 1.165) is 32.1 Å². The van der Waals surface area contributed by atoms with E-state index in [2.05, 4.69) is 13.0 Å². The third-order valence-corrected chi connectivity index (χ3v) is 7.22. The number of aromatic hydroxyl groups is 1. The summed E-state index contributed by atoms with van der Waals surface area (Å²) < 4.78 is 5.48. The summed E-state index contributed by atoms with van der Waals surface area (Å²) in [6.45, 7) is 3.02. The second kappa shape index (κ2) is 5.49. The van der Waals surface area contributed by atoms with Crippen molar-refractivity contribution in [3.63, 3.8) is 0 Å². The van der Waals surface area contributed by atoms with E-state index in [9.17, 15) is 10.2 Å². The zero-order chi connectivity index (χ0) is 16.2. The van der Waals surface area contributed by atoms with Crippen LogP contribution in [-0.2, 0) is 4.74 Å². The van der Waals surface area contributed by atoms with Gasteiger partial charge in [-0.25, -0.2) is 0 Å². The van der Waals surface area contributed by atoms with Crippen LogP contribution in [-0.4, -0.2) is 30.0 Å². The van der Waals surface area contributed by atoms with Gasteiger partial charge in [0.15, 0.2) is 0 Å². The van der Waals surface area contributed by atoms with Crippen molar-refractivity contribution in [1.82, 2.24) is 0 Å². The van der Waals surface area contributed by atoms with Crippen LogP contribution < -0.4 is 0 Å². The van der Waals surface area contributed by atoms with Gasteiger partial charge in [-0.3, -0.25) is 0 Å². The highest BCUT2D eigenvalue weighted by molar-refractivity contribution is 5.42. The molecule has 0 aromatic heterocycles. The Morgan fingerprint density at radius 1 is 1.22 bits per heavy atom. The van der Waals surface area contributed by atoms with Gasteiger partial charge in [0.2, 0.25) is 0 Å². The van der Waals surface area contributed by atoms with Gasteiger partial charge in [0.25, 0.3) is 0 Å². The molecule has 0 saturated heterocycles. The van der Waals surface area contributed by atoms with E-state index < -0.39 is 0 Å². The maximum atomic E-state index is 10.5. The molecule has 3 nitrogen and oxygen atoms in total. The Labute approximate surface area is 138 Å².